The van der Waals surface area contributed by atoms with Gasteiger partial charge in [0.15, 0.2) is 0 Å². The SMILES string of the molecule is O=[N+]([O-])c1ccc(Br)c(OCc2ccccc2F)c1. The second-order valence-electron chi connectivity index (χ2n) is 3.75. The number of nitro benzene ring substituents is 1. The molecule has 0 aromatic heterocycles. The summed E-state index contributed by atoms with van der Waals surface area (Å²) in [5, 5.41) is 10.7. The maximum absolute atomic E-state index is 13.4. The lowest BCUT2D eigenvalue weighted by Crippen LogP contribution is -1.99. The summed E-state index contributed by atoms with van der Waals surface area (Å²) in [7, 11) is 0. The first kappa shape index (κ1) is 13.5. The molecule has 0 saturated heterocycles. The van der Waals surface area contributed by atoms with Gasteiger partial charge in [-0.1, -0.05) is 18.2 Å². The Morgan fingerprint density at radius 3 is 2.68 bits per heavy atom. The van der Waals surface area contributed by atoms with Crippen molar-refractivity contribution < 1.29 is 14.1 Å². The number of ether oxygens (including phenoxy) is 1. The summed E-state index contributed by atoms with van der Waals surface area (Å²) in [6, 6.07) is 10.4. The largest absolute Gasteiger partial charge is 0.487 e. The van der Waals surface area contributed by atoms with Gasteiger partial charge < -0.3 is 4.74 Å². The van der Waals surface area contributed by atoms with E-state index in [0.717, 1.165) is 0 Å². The number of hydrogen-bond acceptors (Lipinski definition) is 3. The van der Waals surface area contributed by atoms with Gasteiger partial charge in [-0.05, 0) is 28.1 Å². The van der Waals surface area contributed by atoms with Crippen LogP contribution in [0.4, 0.5) is 10.1 Å². The van der Waals surface area contributed by atoms with Gasteiger partial charge >= 0.3 is 0 Å². The molecule has 0 saturated carbocycles. The smallest absolute Gasteiger partial charge is 0.273 e. The maximum atomic E-state index is 13.4. The highest BCUT2D eigenvalue weighted by Crippen LogP contribution is 2.30. The summed E-state index contributed by atoms with van der Waals surface area (Å²) in [5.74, 6) is -0.0680. The minimum Gasteiger partial charge on any atom is -0.487 e. The fourth-order valence-corrected chi connectivity index (χ4v) is 1.85. The number of rotatable bonds is 4. The summed E-state index contributed by atoms with van der Waals surface area (Å²) in [6.45, 7) is 0.00639. The molecule has 0 aliphatic heterocycles. The van der Waals surface area contributed by atoms with Crippen LogP contribution in [0.2, 0.25) is 0 Å². The number of halogens is 2. The zero-order valence-electron chi connectivity index (χ0n) is 9.68. The molecule has 0 aliphatic carbocycles. The van der Waals surface area contributed by atoms with Gasteiger partial charge in [0, 0.05) is 11.6 Å². The van der Waals surface area contributed by atoms with Gasteiger partial charge in [-0.2, -0.15) is 0 Å². The van der Waals surface area contributed by atoms with Crippen molar-refractivity contribution in [3.63, 3.8) is 0 Å². The quantitative estimate of drug-likeness (QED) is 0.628. The Hall–Kier alpha value is -1.95. The van der Waals surface area contributed by atoms with Gasteiger partial charge in [-0.15, -0.1) is 0 Å². The zero-order chi connectivity index (χ0) is 13.8. The average molecular weight is 326 g/mol. The Balaban J connectivity index is 2.17. The van der Waals surface area contributed by atoms with E-state index < -0.39 is 4.92 Å². The van der Waals surface area contributed by atoms with E-state index in [1.807, 2.05) is 0 Å². The number of nitrogens with zero attached hydrogens (tertiary/aromatic N) is 1. The molecular weight excluding hydrogens is 317 g/mol. The normalized spacial score (nSPS) is 10.2. The van der Waals surface area contributed by atoms with Crippen molar-refractivity contribution in [2.75, 3.05) is 0 Å². The summed E-state index contributed by atoms with van der Waals surface area (Å²) < 4.78 is 19.4. The van der Waals surface area contributed by atoms with Crippen LogP contribution in [0.3, 0.4) is 0 Å². The lowest BCUT2D eigenvalue weighted by atomic mass is 10.2. The third-order valence-electron chi connectivity index (χ3n) is 2.47. The molecule has 0 unspecified atom stereocenters. The fourth-order valence-electron chi connectivity index (χ4n) is 1.49. The number of benzene rings is 2. The summed E-state index contributed by atoms with van der Waals surface area (Å²) >= 11 is 3.23. The third-order valence-corrected chi connectivity index (χ3v) is 3.12. The zero-order valence-corrected chi connectivity index (χ0v) is 11.3. The lowest BCUT2D eigenvalue weighted by molar-refractivity contribution is -0.385. The maximum Gasteiger partial charge on any atom is 0.273 e. The monoisotopic (exact) mass is 325 g/mol. The van der Waals surface area contributed by atoms with Gasteiger partial charge in [-0.25, -0.2) is 4.39 Å². The van der Waals surface area contributed by atoms with E-state index in [4.69, 9.17) is 4.74 Å². The van der Waals surface area contributed by atoms with E-state index in [2.05, 4.69) is 15.9 Å². The molecular formula is C13H9BrFNO3. The molecule has 0 aliphatic rings. The summed E-state index contributed by atoms with van der Waals surface area (Å²) in [4.78, 5) is 10.2. The van der Waals surface area contributed by atoms with E-state index in [9.17, 15) is 14.5 Å². The highest BCUT2D eigenvalue weighted by molar-refractivity contribution is 9.10. The Morgan fingerprint density at radius 2 is 2.00 bits per heavy atom. The van der Waals surface area contributed by atoms with E-state index in [-0.39, 0.29) is 18.1 Å². The molecule has 0 spiro atoms. The Morgan fingerprint density at radius 1 is 1.26 bits per heavy atom. The molecule has 0 fully saturated rings. The van der Waals surface area contributed by atoms with Gasteiger partial charge in [0.2, 0.25) is 0 Å². The molecule has 0 amide bonds. The molecule has 0 N–H and O–H groups in total. The minimum absolute atomic E-state index is 0.00639. The van der Waals surface area contributed by atoms with E-state index in [1.165, 1.54) is 24.3 Å². The lowest BCUT2D eigenvalue weighted by Gasteiger charge is -2.08. The van der Waals surface area contributed by atoms with Crippen LogP contribution in [0, 0.1) is 15.9 Å². The number of hydrogen-bond donors (Lipinski definition) is 0. The van der Waals surface area contributed by atoms with Crippen LogP contribution in [0.5, 0.6) is 5.75 Å². The van der Waals surface area contributed by atoms with Crippen molar-refractivity contribution in [1.82, 2.24) is 0 Å². The highest BCUT2D eigenvalue weighted by Gasteiger charge is 2.11. The van der Waals surface area contributed by atoms with E-state index in [0.29, 0.717) is 15.8 Å². The Bertz CT molecular complexity index is 619. The predicted octanol–water partition coefficient (Wildman–Crippen LogP) is 4.08. The first-order chi connectivity index (χ1) is 9.08. The molecule has 6 heteroatoms. The van der Waals surface area contributed by atoms with Gasteiger partial charge in [0.25, 0.3) is 5.69 Å². The molecule has 2 aromatic carbocycles. The minimum atomic E-state index is -0.512. The summed E-state index contributed by atoms with van der Waals surface area (Å²) in [6.07, 6.45) is 0. The van der Waals surface area contributed by atoms with Crippen LogP contribution in [0.15, 0.2) is 46.9 Å². The Kier molecular flexibility index (Phi) is 4.11. The number of nitro groups is 1. The highest BCUT2D eigenvalue weighted by atomic mass is 79.9. The Labute approximate surface area is 117 Å². The van der Waals surface area contributed by atoms with Crippen molar-refractivity contribution in [3.05, 3.63) is 68.4 Å². The van der Waals surface area contributed by atoms with Gasteiger partial charge in [0.1, 0.15) is 18.2 Å². The standard InChI is InChI=1S/C13H9BrFNO3/c14-11-6-5-10(16(17)18)7-13(11)19-8-9-3-1-2-4-12(9)15/h1-7H,8H2. The average Bonchev–Trinajstić information content (AvgIpc) is 2.39. The van der Waals surface area contributed by atoms with Gasteiger partial charge in [0.05, 0.1) is 15.5 Å². The molecule has 2 rings (SSSR count). The fraction of sp³-hybridized carbons (Fsp3) is 0.0769. The molecule has 0 radical (unpaired) electrons. The van der Waals surface area contributed by atoms with Crippen LogP contribution in [0.25, 0.3) is 0 Å². The first-order valence-electron chi connectivity index (χ1n) is 5.38. The number of non-ortho nitro benzene ring substituents is 1. The van der Waals surface area contributed by atoms with Crippen LogP contribution in [0.1, 0.15) is 5.56 Å². The third kappa shape index (κ3) is 3.29. The molecule has 2 aromatic rings. The van der Waals surface area contributed by atoms with Crippen LogP contribution >= 0.6 is 15.9 Å². The van der Waals surface area contributed by atoms with Crippen molar-refractivity contribution in [2.45, 2.75) is 6.61 Å². The van der Waals surface area contributed by atoms with Gasteiger partial charge in [-0.3, -0.25) is 10.1 Å². The molecule has 0 bridgehead atoms. The molecule has 4 nitrogen and oxygen atoms in total. The molecule has 19 heavy (non-hydrogen) atoms. The van der Waals surface area contributed by atoms with Crippen molar-refractivity contribution >= 4 is 21.6 Å². The molecule has 0 atom stereocenters. The van der Waals surface area contributed by atoms with Crippen LogP contribution in [-0.4, -0.2) is 4.92 Å². The topological polar surface area (TPSA) is 52.4 Å². The molecule has 98 valence electrons. The van der Waals surface area contributed by atoms with E-state index in [1.54, 1.807) is 18.2 Å². The predicted molar refractivity (Wildman–Crippen MR) is 71.5 cm³/mol. The van der Waals surface area contributed by atoms with Crippen molar-refractivity contribution in [2.24, 2.45) is 0 Å². The van der Waals surface area contributed by atoms with E-state index >= 15 is 0 Å². The second kappa shape index (κ2) is 5.79. The van der Waals surface area contributed by atoms with Crippen LogP contribution < -0.4 is 4.74 Å². The first-order valence-corrected chi connectivity index (χ1v) is 6.17. The van der Waals surface area contributed by atoms with Crippen molar-refractivity contribution in [1.29, 1.82) is 0 Å². The second-order valence-corrected chi connectivity index (χ2v) is 4.61. The summed E-state index contributed by atoms with van der Waals surface area (Å²) in [5.41, 5.74) is 0.313. The molecule has 0 heterocycles. The van der Waals surface area contributed by atoms with Crippen molar-refractivity contribution in [3.8, 4) is 5.75 Å². The van der Waals surface area contributed by atoms with Crippen LogP contribution in [-0.2, 0) is 6.61 Å².